The fraction of sp³-hybridized carbons (Fsp3) is 0.333. The lowest BCUT2D eigenvalue weighted by molar-refractivity contribution is -0.131. The van der Waals surface area contributed by atoms with Crippen LogP contribution in [0.3, 0.4) is 0 Å². The molecule has 1 atom stereocenters. The molecule has 2 aromatic carbocycles. The van der Waals surface area contributed by atoms with E-state index in [1.54, 1.807) is 0 Å². The van der Waals surface area contributed by atoms with Crippen molar-refractivity contribution in [1.29, 1.82) is 0 Å². The van der Waals surface area contributed by atoms with Gasteiger partial charge in [-0.25, -0.2) is 0 Å². The number of aryl methyl sites for hydroxylation is 1. The number of benzene rings is 2. The van der Waals surface area contributed by atoms with Crippen molar-refractivity contribution in [3.63, 3.8) is 0 Å². The van der Waals surface area contributed by atoms with E-state index in [0.717, 1.165) is 51.3 Å². The molecule has 1 aliphatic heterocycles. The highest BCUT2D eigenvalue weighted by atomic mass is 16.2. The van der Waals surface area contributed by atoms with Crippen molar-refractivity contribution in [2.75, 3.05) is 26.2 Å². The number of carbonyl (C=O) groups is 1. The lowest BCUT2D eigenvalue weighted by atomic mass is 10.0. The highest BCUT2D eigenvalue weighted by Gasteiger charge is 2.26. The van der Waals surface area contributed by atoms with Crippen LogP contribution in [0.25, 0.3) is 0 Å². The standard InChI is InChI=1S/C27H31N3O/c31-27(15-14-23-9-3-1-4-10-23)30-18-17-29(20-24-11-5-2-6-12-24)21-25(22-30)19-26-13-7-8-16-28-26/h1-13,16,25H,14-15,17-22H2/t25-/m1/s1. The van der Waals surface area contributed by atoms with Gasteiger partial charge < -0.3 is 4.90 Å². The second-order valence-corrected chi connectivity index (χ2v) is 8.44. The van der Waals surface area contributed by atoms with Crippen molar-refractivity contribution in [1.82, 2.24) is 14.8 Å². The van der Waals surface area contributed by atoms with E-state index in [9.17, 15) is 4.79 Å². The SMILES string of the molecule is O=C(CCc1ccccc1)N1CCN(Cc2ccccc2)C[C@@H](Cc2ccccn2)C1. The van der Waals surface area contributed by atoms with Gasteiger partial charge in [-0.3, -0.25) is 14.7 Å². The van der Waals surface area contributed by atoms with Gasteiger partial charge in [-0.2, -0.15) is 0 Å². The van der Waals surface area contributed by atoms with E-state index < -0.39 is 0 Å². The Kier molecular flexibility index (Phi) is 7.46. The predicted octanol–water partition coefficient (Wildman–Crippen LogP) is 4.22. The van der Waals surface area contributed by atoms with Gasteiger partial charge in [0.05, 0.1) is 0 Å². The van der Waals surface area contributed by atoms with Gasteiger partial charge in [0.2, 0.25) is 5.91 Å². The first-order valence-corrected chi connectivity index (χ1v) is 11.2. The van der Waals surface area contributed by atoms with Gasteiger partial charge in [0.25, 0.3) is 0 Å². The van der Waals surface area contributed by atoms with Crippen LogP contribution in [-0.2, 0) is 24.2 Å². The Bertz CT molecular complexity index is 930. The van der Waals surface area contributed by atoms with E-state index >= 15 is 0 Å². The summed E-state index contributed by atoms with van der Waals surface area (Å²) in [7, 11) is 0. The number of hydrogen-bond donors (Lipinski definition) is 0. The number of rotatable bonds is 7. The van der Waals surface area contributed by atoms with Gasteiger partial charge in [-0.1, -0.05) is 66.7 Å². The topological polar surface area (TPSA) is 36.4 Å². The first-order chi connectivity index (χ1) is 15.3. The quantitative estimate of drug-likeness (QED) is 0.582. The summed E-state index contributed by atoms with van der Waals surface area (Å²) in [5, 5.41) is 0. The number of aromatic nitrogens is 1. The molecule has 0 N–H and O–H groups in total. The molecule has 0 spiro atoms. The maximum absolute atomic E-state index is 13.1. The monoisotopic (exact) mass is 413 g/mol. The predicted molar refractivity (Wildman–Crippen MR) is 124 cm³/mol. The highest BCUT2D eigenvalue weighted by molar-refractivity contribution is 5.76. The van der Waals surface area contributed by atoms with Crippen LogP contribution in [0.5, 0.6) is 0 Å². The minimum absolute atomic E-state index is 0.261. The Hall–Kier alpha value is -2.98. The second kappa shape index (κ2) is 10.9. The molecule has 0 aliphatic carbocycles. The molecule has 0 radical (unpaired) electrons. The van der Waals surface area contributed by atoms with Crippen LogP contribution < -0.4 is 0 Å². The van der Waals surface area contributed by atoms with Gasteiger partial charge in [-0.15, -0.1) is 0 Å². The van der Waals surface area contributed by atoms with E-state index in [1.807, 2.05) is 36.5 Å². The molecule has 1 fully saturated rings. The zero-order chi connectivity index (χ0) is 21.3. The average molecular weight is 414 g/mol. The summed E-state index contributed by atoms with van der Waals surface area (Å²) in [5.74, 6) is 0.637. The Labute approximate surface area is 185 Å². The number of hydrogen-bond acceptors (Lipinski definition) is 3. The smallest absolute Gasteiger partial charge is 0.222 e. The molecule has 1 saturated heterocycles. The van der Waals surface area contributed by atoms with Crippen LogP contribution in [0.1, 0.15) is 23.2 Å². The number of nitrogens with zero attached hydrogens (tertiary/aromatic N) is 3. The summed E-state index contributed by atoms with van der Waals surface area (Å²) < 4.78 is 0. The van der Waals surface area contributed by atoms with Gasteiger partial charge in [0.1, 0.15) is 0 Å². The highest BCUT2D eigenvalue weighted by Crippen LogP contribution is 2.18. The third-order valence-corrected chi connectivity index (χ3v) is 5.98. The van der Waals surface area contributed by atoms with Crippen LogP contribution >= 0.6 is 0 Å². The van der Waals surface area contributed by atoms with Crippen LogP contribution in [0.2, 0.25) is 0 Å². The van der Waals surface area contributed by atoms with Gasteiger partial charge in [0.15, 0.2) is 0 Å². The number of pyridine rings is 1. The fourth-order valence-electron chi connectivity index (χ4n) is 4.39. The Morgan fingerprint density at radius 2 is 1.55 bits per heavy atom. The Morgan fingerprint density at radius 1 is 0.839 bits per heavy atom. The molecule has 4 heteroatoms. The molecule has 31 heavy (non-hydrogen) atoms. The molecule has 0 unspecified atom stereocenters. The summed E-state index contributed by atoms with van der Waals surface area (Å²) in [6, 6.07) is 27.0. The van der Waals surface area contributed by atoms with Crippen molar-refractivity contribution in [3.05, 3.63) is 102 Å². The molecule has 3 aromatic rings. The van der Waals surface area contributed by atoms with Crippen molar-refractivity contribution in [2.24, 2.45) is 5.92 Å². The number of carbonyl (C=O) groups excluding carboxylic acids is 1. The molecule has 4 nitrogen and oxygen atoms in total. The van der Waals surface area contributed by atoms with E-state index in [1.165, 1.54) is 11.1 Å². The van der Waals surface area contributed by atoms with Crippen LogP contribution in [0, 0.1) is 5.92 Å². The summed E-state index contributed by atoms with van der Waals surface area (Å²) in [5.41, 5.74) is 3.65. The lowest BCUT2D eigenvalue weighted by Gasteiger charge is -2.24. The summed E-state index contributed by atoms with van der Waals surface area (Å²) in [4.78, 5) is 22.2. The van der Waals surface area contributed by atoms with Crippen molar-refractivity contribution >= 4 is 5.91 Å². The maximum atomic E-state index is 13.1. The second-order valence-electron chi connectivity index (χ2n) is 8.44. The molecular weight excluding hydrogens is 382 g/mol. The molecule has 2 heterocycles. The van der Waals surface area contributed by atoms with E-state index in [-0.39, 0.29) is 5.91 Å². The molecule has 0 saturated carbocycles. The van der Waals surface area contributed by atoms with Crippen molar-refractivity contribution in [3.8, 4) is 0 Å². The summed E-state index contributed by atoms with van der Waals surface area (Å²) in [6.07, 6.45) is 4.12. The van der Waals surface area contributed by atoms with E-state index in [2.05, 4.69) is 63.3 Å². The maximum Gasteiger partial charge on any atom is 0.222 e. The zero-order valence-electron chi connectivity index (χ0n) is 18.1. The minimum Gasteiger partial charge on any atom is -0.341 e. The Morgan fingerprint density at radius 3 is 2.26 bits per heavy atom. The number of amides is 1. The van der Waals surface area contributed by atoms with Gasteiger partial charge in [0, 0.05) is 51.0 Å². The zero-order valence-corrected chi connectivity index (χ0v) is 18.1. The summed E-state index contributed by atoms with van der Waals surface area (Å²) >= 11 is 0. The molecule has 0 bridgehead atoms. The normalized spacial score (nSPS) is 17.3. The molecule has 160 valence electrons. The average Bonchev–Trinajstić information content (AvgIpc) is 3.01. The Balaban J connectivity index is 1.43. The van der Waals surface area contributed by atoms with E-state index in [0.29, 0.717) is 12.3 Å². The van der Waals surface area contributed by atoms with Crippen LogP contribution in [0.4, 0.5) is 0 Å². The summed E-state index contributed by atoms with van der Waals surface area (Å²) in [6.45, 7) is 4.40. The van der Waals surface area contributed by atoms with Crippen LogP contribution in [0.15, 0.2) is 85.1 Å². The van der Waals surface area contributed by atoms with Gasteiger partial charge >= 0.3 is 0 Å². The first kappa shape index (κ1) is 21.3. The first-order valence-electron chi connectivity index (χ1n) is 11.2. The third-order valence-electron chi connectivity index (χ3n) is 5.98. The fourth-order valence-corrected chi connectivity index (χ4v) is 4.39. The lowest BCUT2D eigenvalue weighted by Crippen LogP contribution is -2.36. The minimum atomic E-state index is 0.261. The molecule has 1 aliphatic rings. The van der Waals surface area contributed by atoms with E-state index in [4.69, 9.17) is 0 Å². The molecule has 4 rings (SSSR count). The van der Waals surface area contributed by atoms with Gasteiger partial charge in [-0.05, 0) is 42.0 Å². The molecular formula is C27H31N3O. The third kappa shape index (κ3) is 6.50. The van der Waals surface area contributed by atoms with Crippen LogP contribution in [-0.4, -0.2) is 46.9 Å². The molecule has 1 amide bonds. The van der Waals surface area contributed by atoms with Crippen molar-refractivity contribution < 1.29 is 4.79 Å². The van der Waals surface area contributed by atoms with Crippen molar-refractivity contribution in [2.45, 2.75) is 25.8 Å². The largest absolute Gasteiger partial charge is 0.341 e. The molecule has 1 aromatic heterocycles.